The van der Waals surface area contributed by atoms with Gasteiger partial charge in [0, 0.05) is 12.1 Å². The summed E-state index contributed by atoms with van der Waals surface area (Å²) in [5, 5.41) is 11.0. The van der Waals surface area contributed by atoms with E-state index in [1.54, 1.807) is 18.2 Å². The third-order valence-electron chi connectivity index (χ3n) is 5.47. The Morgan fingerprint density at radius 2 is 1.82 bits per heavy atom. The van der Waals surface area contributed by atoms with Gasteiger partial charge in [-0.2, -0.15) is 0 Å². The van der Waals surface area contributed by atoms with Crippen molar-refractivity contribution in [2.75, 3.05) is 40.9 Å². The highest BCUT2D eigenvalue weighted by Crippen LogP contribution is 2.42. The summed E-state index contributed by atoms with van der Waals surface area (Å²) in [7, 11) is 5.36. The minimum atomic E-state index is -0.818. The minimum absolute atomic E-state index is 0.0392. The highest BCUT2D eigenvalue weighted by atomic mass is 19.1. The largest absolute Gasteiger partial charge is 0.507 e. The molecule has 0 radical (unpaired) electrons. The van der Waals surface area contributed by atoms with Crippen LogP contribution in [0.3, 0.4) is 0 Å². The van der Waals surface area contributed by atoms with Gasteiger partial charge in [-0.05, 0) is 75.9 Å². The average molecular weight is 457 g/mol. The number of carbonyl (C=O) groups excluding carboxylic acids is 2. The second kappa shape index (κ2) is 10.5. The zero-order valence-corrected chi connectivity index (χ0v) is 19.3. The van der Waals surface area contributed by atoms with Crippen molar-refractivity contribution in [1.82, 2.24) is 9.80 Å². The van der Waals surface area contributed by atoms with Crippen molar-refractivity contribution in [3.05, 3.63) is 65.0 Å². The molecule has 0 spiro atoms. The Hall–Kier alpha value is -3.39. The Kier molecular flexibility index (Phi) is 7.71. The Morgan fingerprint density at radius 1 is 1.12 bits per heavy atom. The predicted octanol–water partition coefficient (Wildman–Crippen LogP) is 3.61. The minimum Gasteiger partial charge on any atom is -0.507 e. The zero-order chi connectivity index (χ0) is 24.1. The van der Waals surface area contributed by atoms with E-state index < -0.39 is 23.5 Å². The number of carbonyl (C=O) groups is 2. The number of benzene rings is 2. The smallest absolute Gasteiger partial charge is 0.295 e. The van der Waals surface area contributed by atoms with Gasteiger partial charge in [0.15, 0.2) is 11.5 Å². The standard InChI is InChI=1S/C25H29FN2O5/c1-5-33-19-12-9-17(15-20(19)32-4)22-21(23(29)16-7-10-18(26)11-8-16)24(30)25(31)28(22)14-6-13-27(2)3/h7-12,15,22,29H,5-6,13-14H2,1-4H3/b23-21+/t22-/m1/s1. The lowest BCUT2D eigenvalue weighted by molar-refractivity contribution is -0.139. The molecule has 33 heavy (non-hydrogen) atoms. The third-order valence-corrected chi connectivity index (χ3v) is 5.47. The summed E-state index contributed by atoms with van der Waals surface area (Å²) in [6, 6.07) is 9.49. The molecule has 1 atom stereocenters. The number of rotatable bonds is 9. The molecule has 2 aromatic rings. The Bertz CT molecular complexity index is 1050. The van der Waals surface area contributed by atoms with E-state index in [0.29, 0.717) is 36.6 Å². The van der Waals surface area contributed by atoms with Gasteiger partial charge in [0.2, 0.25) is 0 Å². The Morgan fingerprint density at radius 3 is 2.42 bits per heavy atom. The van der Waals surface area contributed by atoms with Gasteiger partial charge < -0.3 is 24.4 Å². The van der Waals surface area contributed by atoms with Crippen LogP contribution in [0.15, 0.2) is 48.0 Å². The van der Waals surface area contributed by atoms with Crippen LogP contribution in [-0.4, -0.2) is 67.5 Å². The number of ketones is 1. The normalized spacial score (nSPS) is 17.6. The average Bonchev–Trinajstić information content (AvgIpc) is 3.04. The summed E-state index contributed by atoms with van der Waals surface area (Å²) in [6.45, 7) is 3.35. The molecule has 1 N–H and O–H groups in total. The van der Waals surface area contributed by atoms with Gasteiger partial charge in [0.05, 0.1) is 25.3 Å². The molecule has 1 fully saturated rings. The second-order valence-corrected chi connectivity index (χ2v) is 8.00. The molecule has 1 saturated heterocycles. The molecule has 7 nitrogen and oxygen atoms in total. The summed E-state index contributed by atoms with van der Waals surface area (Å²) in [5.41, 5.74) is 0.816. The number of methoxy groups -OCH3 is 1. The van der Waals surface area contributed by atoms with Crippen LogP contribution >= 0.6 is 0 Å². The maximum absolute atomic E-state index is 13.4. The fraction of sp³-hybridized carbons (Fsp3) is 0.360. The van der Waals surface area contributed by atoms with Crippen LogP contribution in [0.5, 0.6) is 11.5 Å². The first-order valence-corrected chi connectivity index (χ1v) is 10.8. The maximum atomic E-state index is 13.4. The molecule has 1 heterocycles. The summed E-state index contributed by atoms with van der Waals surface area (Å²) in [5.74, 6) is -1.29. The van der Waals surface area contributed by atoms with E-state index in [-0.39, 0.29) is 16.9 Å². The monoisotopic (exact) mass is 456 g/mol. The molecule has 8 heteroatoms. The van der Waals surface area contributed by atoms with Crippen LogP contribution in [0.4, 0.5) is 4.39 Å². The summed E-state index contributed by atoms with van der Waals surface area (Å²) in [6.07, 6.45) is 0.640. The topological polar surface area (TPSA) is 79.3 Å². The van der Waals surface area contributed by atoms with E-state index >= 15 is 0 Å². The van der Waals surface area contributed by atoms with Crippen LogP contribution in [0.1, 0.15) is 30.5 Å². The summed E-state index contributed by atoms with van der Waals surface area (Å²) >= 11 is 0. The zero-order valence-electron chi connectivity index (χ0n) is 19.3. The number of hydrogen-bond donors (Lipinski definition) is 1. The third kappa shape index (κ3) is 5.17. The molecule has 1 aliphatic heterocycles. The lowest BCUT2D eigenvalue weighted by Crippen LogP contribution is -2.32. The van der Waals surface area contributed by atoms with Gasteiger partial charge in [0.25, 0.3) is 11.7 Å². The molecule has 3 rings (SSSR count). The Labute approximate surface area is 193 Å². The molecule has 2 aromatic carbocycles. The van der Waals surface area contributed by atoms with Crippen molar-refractivity contribution in [2.45, 2.75) is 19.4 Å². The number of aliphatic hydroxyl groups is 1. The highest BCUT2D eigenvalue weighted by Gasteiger charge is 2.46. The van der Waals surface area contributed by atoms with E-state index in [1.165, 1.54) is 36.3 Å². The van der Waals surface area contributed by atoms with E-state index in [0.717, 1.165) is 6.54 Å². The molecular weight excluding hydrogens is 427 g/mol. The number of hydrogen-bond acceptors (Lipinski definition) is 6. The van der Waals surface area contributed by atoms with Crippen molar-refractivity contribution in [1.29, 1.82) is 0 Å². The van der Waals surface area contributed by atoms with Crippen molar-refractivity contribution in [3.63, 3.8) is 0 Å². The first-order valence-electron chi connectivity index (χ1n) is 10.8. The van der Waals surface area contributed by atoms with Gasteiger partial charge in [-0.3, -0.25) is 9.59 Å². The van der Waals surface area contributed by atoms with Gasteiger partial charge in [-0.1, -0.05) is 6.07 Å². The van der Waals surface area contributed by atoms with Crippen molar-refractivity contribution in [3.8, 4) is 11.5 Å². The molecule has 0 saturated carbocycles. The number of likely N-dealkylation sites (tertiary alicyclic amines) is 1. The molecule has 0 unspecified atom stereocenters. The number of ether oxygens (including phenoxy) is 2. The first kappa shape index (κ1) is 24.3. The van der Waals surface area contributed by atoms with Crippen LogP contribution in [0, 0.1) is 5.82 Å². The molecule has 0 aromatic heterocycles. The number of aliphatic hydroxyl groups excluding tert-OH is 1. The van der Waals surface area contributed by atoms with E-state index in [2.05, 4.69) is 0 Å². The molecular formula is C25H29FN2O5. The van der Waals surface area contributed by atoms with E-state index in [1.807, 2.05) is 25.9 Å². The van der Waals surface area contributed by atoms with Gasteiger partial charge in [-0.15, -0.1) is 0 Å². The Balaban J connectivity index is 2.12. The van der Waals surface area contributed by atoms with Crippen molar-refractivity contribution >= 4 is 17.4 Å². The first-order chi connectivity index (χ1) is 15.8. The predicted molar refractivity (Wildman–Crippen MR) is 123 cm³/mol. The van der Waals surface area contributed by atoms with Crippen molar-refractivity contribution in [2.24, 2.45) is 0 Å². The summed E-state index contributed by atoms with van der Waals surface area (Å²) in [4.78, 5) is 29.5. The van der Waals surface area contributed by atoms with Crippen molar-refractivity contribution < 1.29 is 28.6 Å². The lowest BCUT2D eigenvalue weighted by atomic mass is 9.95. The van der Waals surface area contributed by atoms with Gasteiger partial charge >= 0.3 is 0 Å². The van der Waals surface area contributed by atoms with Crippen LogP contribution in [-0.2, 0) is 9.59 Å². The van der Waals surface area contributed by atoms with Gasteiger partial charge in [0.1, 0.15) is 11.6 Å². The molecule has 1 aliphatic rings. The SMILES string of the molecule is CCOc1ccc([C@@H]2/C(=C(\O)c3ccc(F)cc3)C(=O)C(=O)N2CCCN(C)C)cc1OC. The van der Waals surface area contributed by atoms with Crippen LogP contribution < -0.4 is 9.47 Å². The second-order valence-electron chi connectivity index (χ2n) is 8.00. The molecule has 1 amide bonds. The number of halogens is 1. The molecule has 0 aliphatic carbocycles. The fourth-order valence-electron chi connectivity index (χ4n) is 3.91. The molecule has 176 valence electrons. The van der Waals surface area contributed by atoms with Gasteiger partial charge in [-0.25, -0.2) is 4.39 Å². The number of amides is 1. The van der Waals surface area contributed by atoms with E-state index in [9.17, 15) is 19.1 Å². The summed E-state index contributed by atoms with van der Waals surface area (Å²) < 4.78 is 24.4. The fourth-order valence-corrected chi connectivity index (χ4v) is 3.91. The number of Topliss-reactive ketones (excluding diaryl/α,β-unsaturated/α-hetero) is 1. The highest BCUT2D eigenvalue weighted by molar-refractivity contribution is 6.46. The lowest BCUT2D eigenvalue weighted by Gasteiger charge is -2.26. The maximum Gasteiger partial charge on any atom is 0.295 e. The number of nitrogens with zero attached hydrogens (tertiary/aromatic N) is 2. The van der Waals surface area contributed by atoms with Crippen LogP contribution in [0.2, 0.25) is 0 Å². The van der Waals surface area contributed by atoms with Crippen LogP contribution in [0.25, 0.3) is 5.76 Å². The van der Waals surface area contributed by atoms with E-state index in [4.69, 9.17) is 9.47 Å². The quantitative estimate of drug-likeness (QED) is 0.353. The molecule has 0 bridgehead atoms.